The first-order valence-electron chi connectivity index (χ1n) is 6.62. The molecule has 1 aromatic carbocycles. The number of hydrogen-bond acceptors (Lipinski definition) is 2. The molecule has 0 N–H and O–H groups in total. The lowest BCUT2D eigenvalue weighted by molar-refractivity contribution is 0.111. The molecule has 3 rings (SSSR count). The van der Waals surface area contributed by atoms with E-state index in [-0.39, 0.29) is 0 Å². The molecular weight excluding hydrogens is 248 g/mol. The summed E-state index contributed by atoms with van der Waals surface area (Å²) in [5.74, 6) is 0. The van der Waals surface area contributed by atoms with Crippen molar-refractivity contribution in [2.24, 2.45) is 0 Å². The van der Waals surface area contributed by atoms with Crippen LogP contribution in [-0.2, 0) is 0 Å². The third-order valence-corrected chi connectivity index (χ3v) is 3.63. The summed E-state index contributed by atoms with van der Waals surface area (Å²) in [6, 6.07) is 10.1. The fourth-order valence-electron chi connectivity index (χ4n) is 2.61. The SMILES string of the molecule is Cc1ccc(-c2nc3c(C)cccn3c2C=O)c(C)c1. The Bertz CT molecular complexity index is 815. The van der Waals surface area contributed by atoms with Crippen LogP contribution in [0.1, 0.15) is 27.2 Å². The predicted octanol–water partition coefficient (Wildman–Crippen LogP) is 3.74. The van der Waals surface area contributed by atoms with E-state index in [0.29, 0.717) is 5.69 Å². The minimum absolute atomic E-state index is 0.607. The molecule has 0 saturated heterocycles. The maximum Gasteiger partial charge on any atom is 0.169 e. The molecular formula is C17H16N2O. The largest absolute Gasteiger partial charge is 0.297 e. The first-order valence-corrected chi connectivity index (χ1v) is 6.62. The van der Waals surface area contributed by atoms with Crippen LogP contribution < -0.4 is 0 Å². The van der Waals surface area contributed by atoms with E-state index in [0.717, 1.165) is 34.3 Å². The minimum Gasteiger partial charge on any atom is -0.297 e. The van der Waals surface area contributed by atoms with Gasteiger partial charge in [-0.15, -0.1) is 0 Å². The Morgan fingerprint density at radius 3 is 2.60 bits per heavy atom. The van der Waals surface area contributed by atoms with Crippen molar-refractivity contribution in [1.82, 2.24) is 9.38 Å². The van der Waals surface area contributed by atoms with Gasteiger partial charge in [0.2, 0.25) is 0 Å². The van der Waals surface area contributed by atoms with E-state index in [1.807, 2.05) is 48.7 Å². The van der Waals surface area contributed by atoms with Gasteiger partial charge in [-0.1, -0.05) is 29.8 Å². The van der Waals surface area contributed by atoms with E-state index in [2.05, 4.69) is 18.0 Å². The standard InChI is InChI=1S/C17H16N2O/c1-11-6-7-14(13(3)9-11)16-15(10-20)19-8-4-5-12(2)17(19)18-16/h4-10H,1-3H3. The lowest BCUT2D eigenvalue weighted by atomic mass is 10.0. The second-order valence-corrected chi connectivity index (χ2v) is 5.17. The number of hydrogen-bond donors (Lipinski definition) is 0. The van der Waals surface area contributed by atoms with E-state index in [1.165, 1.54) is 5.56 Å². The van der Waals surface area contributed by atoms with E-state index in [9.17, 15) is 4.79 Å². The molecule has 0 fully saturated rings. The Kier molecular flexibility index (Phi) is 2.90. The maximum absolute atomic E-state index is 11.5. The van der Waals surface area contributed by atoms with Crippen molar-refractivity contribution < 1.29 is 4.79 Å². The summed E-state index contributed by atoms with van der Waals surface area (Å²) in [6.07, 6.45) is 2.76. The normalized spacial score (nSPS) is 10.9. The Labute approximate surface area is 117 Å². The Morgan fingerprint density at radius 2 is 1.90 bits per heavy atom. The summed E-state index contributed by atoms with van der Waals surface area (Å²) >= 11 is 0. The molecule has 0 radical (unpaired) electrons. The summed E-state index contributed by atoms with van der Waals surface area (Å²) in [5.41, 5.74) is 6.62. The molecule has 3 heteroatoms. The highest BCUT2D eigenvalue weighted by Gasteiger charge is 2.15. The number of carbonyl (C=O) groups is 1. The smallest absolute Gasteiger partial charge is 0.169 e. The van der Waals surface area contributed by atoms with Crippen LogP contribution in [0.5, 0.6) is 0 Å². The lowest BCUT2D eigenvalue weighted by Gasteiger charge is -2.04. The zero-order valence-corrected chi connectivity index (χ0v) is 11.8. The Hall–Kier alpha value is -2.42. The molecule has 2 heterocycles. The second-order valence-electron chi connectivity index (χ2n) is 5.17. The minimum atomic E-state index is 0.607. The quantitative estimate of drug-likeness (QED) is 0.661. The number of aromatic nitrogens is 2. The molecule has 3 aromatic rings. The number of nitrogens with zero attached hydrogens (tertiary/aromatic N) is 2. The molecule has 20 heavy (non-hydrogen) atoms. The number of pyridine rings is 1. The molecule has 0 spiro atoms. The molecule has 0 aliphatic rings. The fraction of sp³-hybridized carbons (Fsp3) is 0.176. The topological polar surface area (TPSA) is 34.4 Å². The summed E-state index contributed by atoms with van der Waals surface area (Å²) in [5, 5.41) is 0. The molecule has 0 saturated carbocycles. The molecule has 100 valence electrons. The molecule has 2 aromatic heterocycles. The van der Waals surface area contributed by atoms with Crippen molar-refractivity contribution in [2.75, 3.05) is 0 Å². The zero-order valence-electron chi connectivity index (χ0n) is 11.8. The predicted molar refractivity (Wildman–Crippen MR) is 80.2 cm³/mol. The van der Waals surface area contributed by atoms with Crippen molar-refractivity contribution in [3.63, 3.8) is 0 Å². The van der Waals surface area contributed by atoms with Gasteiger partial charge in [0.05, 0.1) is 0 Å². The van der Waals surface area contributed by atoms with Gasteiger partial charge in [0.1, 0.15) is 17.0 Å². The van der Waals surface area contributed by atoms with Gasteiger partial charge in [-0.3, -0.25) is 9.20 Å². The van der Waals surface area contributed by atoms with Crippen molar-refractivity contribution in [3.05, 3.63) is 58.9 Å². The van der Waals surface area contributed by atoms with Gasteiger partial charge in [-0.25, -0.2) is 4.98 Å². The van der Waals surface area contributed by atoms with E-state index < -0.39 is 0 Å². The third-order valence-electron chi connectivity index (χ3n) is 3.63. The van der Waals surface area contributed by atoms with Crippen molar-refractivity contribution in [3.8, 4) is 11.3 Å². The fourth-order valence-corrected chi connectivity index (χ4v) is 2.61. The van der Waals surface area contributed by atoms with Gasteiger partial charge in [-0.2, -0.15) is 0 Å². The highest BCUT2D eigenvalue weighted by molar-refractivity contribution is 5.87. The van der Waals surface area contributed by atoms with Crippen LogP contribution in [0.4, 0.5) is 0 Å². The number of aryl methyl sites for hydroxylation is 3. The van der Waals surface area contributed by atoms with Crippen molar-refractivity contribution >= 4 is 11.9 Å². The summed E-state index contributed by atoms with van der Waals surface area (Å²) in [4.78, 5) is 16.2. The van der Waals surface area contributed by atoms with Crippen LogP contribution in [0.2, 0.25) is 0 Å². The second kappa shape index (κ2) is 4.60. The number of fused-ring (bicyclic) bond motifs is 1. The summed E-state index contributed by atoms with van der Waals surface area (Å²) < 4.78 is 1.86. The van der Waals surface area contributed by atoms with Gasteiger partial charge in [-0.05, 0) is 38.0 Å². The van der Waals surface area contributed by atoms with Crippen LogP contribution in [0.15, 0.2) is 36.5 Å². The van der Waals surface area contributed by atoms with Crippen LogP contribution in [0.25, 0.3) is 16.9 Å². The molecule has 0 aliphatic heterocycles. The van der Waals surface area contributed by atoms with E-state index in [1.54, 1.807) is 0 Å². The van der Waals surface area contributed by atoms with Gasteiger partial charge in [0.25, 0.3) is 0 Å². The van der Waals surface area contributed by atoms with E-state index in [4.69, 9.17) is 0 Å². The number of benzene rings is 1. The number of carbonyl (C=O) groups excluding carboxylic acids is 1. The summed E-state index contributed by atoms with van der Waals surface area (Å²) in [7, 11) is 0. The van der Waals surface area contributed by atoms with Gasteiger partial charge in [0, 0.05) is 11.8 Å². The highest BCUT2D eigenvalue weighted by atomic mass is 16.1. The summed E-state index contributed by atoms with van der Waals surface area (Å²) in [6.45, 7) is 6.11. The highest BCUT2D eigenvalue weighted by Crippen LogP contribution is 2.27. The molecule has 3 nitrogen and oxygen atoms in total. The molecule has 0 amide bonds. The Morgan fingerprint density at radius 1 is 1.10 bits per heavy atom. The lowest BCUT2D eigenvalue weighted by Crippen LogP contribution is -1.94. The van der Waals surface area contributed by atoms with Gasteiger partial charge >= 0.3 is 0 Å². The molecule has 0 unspecified atom stereocenters. The molecule has 0 bridgehead atoms. The van der Waals surface area contributed by atoms with Crippen LogP contribution in [-0.4, -0.2) is 15.7 Å². The molecule has 0 aliphatic carbocycles. The zero-order chi connectivity index (χ0) is 14.3. The van der Waals surface area contributed by atoms with Gasteiger partial charge in [0.15, 0.2) is 6.29 Å². The number of aldehydes is 1. The van der Waals surface area contributed by atoms with Gasteiger partial charge < -0.3 is 0 Å². The average molecular weight is 264 g/mol. The Balaban J connectivity index is 2.36. The van der Waals surface area contributed by atoms with Crippen LogP contribution >= 0.6 is 0 Å². The molecule has 0 atom stereocenters. The van der Waals surface area contributed by atoms with Crippen molar-refractivity contribution in [1.29, 1.82) is 0 Å². The first-order chi connectivity index (χ1) is 9.61. The monoisotopic (exact) mass is 264 g/mol. The third kappa shape index (κ3) is 1.83. The number of imidazole rings is 1. The van der Waals surface area contributed by atoms with Crippen LogP contribution in [0.3, 0.4) is 0 Å². The first kappa shape index (κ1) is 12.6. The van der Waals surface area contributed by atoms with Crippen LogP contribution in [0, 0.1) is 20.8 Å². The van der Waals surface area contributed by atoms with E-state index >= 15 is 0 Å². The number of rotatable bonds is 2. The maximum atomic E-state index is 11.5. The average Bonchev–Trinajstić information content (AvgIpc) is 2.78. The van der Waals surface area contributed by atoms with Crippen molar-refractivity contribution in [2.45, 2.75) is 20.8 Å².